The van der Waals surface area contributed by atoms with Crippen molar-refractivity contribution in [3.8, 4) is 0 Å². The summed E-state index contributed by atoms with van der Waals surface area (Å²) in [6, 6.07) is 5.50. The molecule has 2 amide bonds. The van der Waals surface area contributed by atoms with Gasteiger partial charge in [0.1, 0.15) is 6.54 Å². The average Bonchev–Trinajstić information content (AvgIpc) is 2.74. The van der Waals surface area contributed by atoms with E-state index < -0.39 is 49.1 Å². The van der Waals surface area contributed by atoms with Crippen LogP contribution in [0.25, 0.3) is 6.08 Å². The van der Waals surface area contributed by atoms with E-state index in [9.17, 15) is 35.9 Å². The van der Waals surface area contributed by atoms with Crippen molar-refractivity contribution < 1.29 is 35.9 Å². The van der Waals surface area contributed by atoms with Crippen LogP contribution in [0.1, 0.15) is 40.7 Å². The monoisotopic (exact) mass is 652 g/mol. The van der Waals surface area contributed by atoms with E-state index in [2.05, 4.69) is 21.2 Å². The predicted molar refractivity (Wildman–Crippen MR) is 134 cm³/mol. The highest BCUT2D eigenvalue weighted by Gasteiger charge is 2.39. The molecule has 0 saturated heterocycles. The number of alkyl halides is 6. The van der Waals surface area contributed by atoms with E-state index in [-0.39, 0.29) is 30.7 Å². The second-order valence-electron chi connectivity index (χ2n) is 7.89. The number of hydrogen-bond donors (Lipinski definition) is 2. The van der Waals surface area contributed by atoms with E-state index in [1.165, 1.54) is 31.2 Å². The summed E-state index contributed by atoms with van der Waals surface area (Å²) in [6.07, 6.45) is -7.51. The molecule has 0 aliphatic heterocycles. The Labute approximate surface area is 231 Å². The smallest absolute Gasteiger partial charge is 0.349 e. The lowest BCUT2D eigenvalue weighted by molar-refractivity contribution is -0.139. The van der Waals surface area contributed by atoms with Crippen molar-refractivity contribution in [1.82, 2.24) is 10.6 Å². The summed E-state index contributed by atoms with van der Waals surface area (Å²) in [7, 11) is 0. The van der Waals surface area contributed by atoms with Gasteiger partial charge in [0, 0.05) is 16.9 Å². The van der Waals surface area contributed by atoms with E-state index in [1.807, 2.05) is 0 Å². The first-order valence-electron chi connectivity index (χ1n) is 10.3. The van der Waals surface area contributed by atoms with Crippen LogP contribution >= 0.6 is 50.7 Å². The Balaban J connectivity index is 2.13. The van der Waals surface area contributed by atoms with Crippen LogP contribution in [0, 0.1) is 0 Å². The van der Waals surface area contributed by atoms with Gasteiger partial charge in [-0.05, 0) is 58.2 Å². The summed E-state index contributed by atoms with van der Waals surface area (Å²) in [5.74, 6) is -3.59. The van der Waals surface area contributed by atoms with Gasteiger partial charge in [-0.15, -0.1) is 0 Å². The first kappa shape index (κ1) is 31.3. The predicted octanol–water partition coefficient (Wildman–Crippen LogP) is 7.96. The highest BCUT2D eigenvalue weighted by atomic mass is 79.9. The molecule has 0 fully saturated rings. The highest BCUT2D eigenvalue weighted by Crippen LogP contribution is 2.41. The largest absolute Gasteiger partial charge is 0.405 e. The molecule has 0 radical (unpaired) electrons. The summed E-state index contributed by atoms with van der Waals surface area (Å²) < 4.78 is 78.0. The van der Waals surface area contributed by atoms with E-state index in [1.54, 1.807) is 5.32 Å². The first-order valence-corrected chi connectivity index (χ1v) is 12.2. The van der Waals surface area contributed by atoms with Crippen molar-refractivity contribution in [2.45, 2.75) is 37.7 Å². The third-order valence-corrected chi connectivity index (χ3v) is 6.64. The van der Waals surface area contributed by atoms with Gasteiger partial charge in [0.05, 0.1) is 26.5 Å². The summed E-state index contributed by atoms with van der Waals surface area (Å²) in [5.41, 5.74) is 0.207. The Bertz CT molecular complexity index is 1170. The fourth-order valence-electron chi connectivity index (χ4n) is 3.09. The molecule has 0 saturated carbocycles. The van der Waals surface area contributed by atoms with E-state index in [0.29, 0.717) is 5.56 Å². The first-order chi connectivity index (χ1) is 17.0. The zero-order chi connectivity index (χ0) is 28.1. The molecule has 4 nitrogen and oxygen atoms in total. The molecule has 202 valence electrons. The molecule has 0 aliphatic carbocycles. The second-order valence-corrected chi connectivity index (χ2v) is 9.93. The van der Waals surface area contributed by atoms with Gasteiger partial charge in [-0.3, -0.25) is 9.59 Å². The van der Waals surface area contributed by atoms with Gasteiger partial charge in [-0.1, -0.05) is 53.0 Å². The summed E-state index contributed by atoms with van der Waals surface area (Å²) >= 11 is 20.8. The third-order valence-electron chi connectivity index (χ3n) is 4.79. The van der Waals surface area contributed by atoms with Gasteiger partial charge in [-0.25, -0.2) is 0 Å². The van der Waals surface area contributed by atoms with Gasteiger partial charge in [0.25, 0.3) is 5.91 Å². The minimum Gasteiger partial charge on any atom is -0.349 e. The van der Waals surface area contributed by atoms with Crippen LogP contribution in [0.4, 0.5) is 26.3 Å². The number of allylic oxidation sites excluding steroid dienone is 1. The van der Waals surface area contributed by atoms with Gasteiger partial charge >= 0.3 is 12.4 Å². The standard InChI is InChI=1S/C23H18BrCl3F6N2O2/c1-11(6-19(36)34-10-22(28,29)30)35-21(37)14-4-2-12(7-16(14)24)3-5-15(23(31,32)33)13-8-17(25)20(27)18(26)9-13/h2-5,7-9,11,15H,6,10H2,1H3,(H,34,36)(H,35,37)/b5-3+. The SMILES string of the molecule is CC(CC(=O)NCC(F)(F)F)NC(=O)c1ccc(/C=C/C(c2cc(Cl)c(Cl)c(Cl)c2)C(F)(F)F)cc1Br. The number of nitrogens with one attached hydrogen (secondary N) is 2. The molecule has 0 spiro atoms. The van der Waals surface area contributed by atoms with Crippen molar-refractivity contribution in [3.05, 3.63) is 72.6 Å². The normalized spacial score (nSPS) is 13.9. The molecule has 2 aromatic carbocycles. The molecule has 14 heteroatoms. The van der Waals surface area contributed by atoms with Crippen molar-refractivity contribution in [2.75, 3.05) is 6.54 Å². The van der Waals surface area contributed by atoms with Crippen LogP contribution in [0.3, 0.4) is 0 Å². The summed E-state index contributed by atoms with van der Waals surface area (Å²) in [4.78, 5) is 24.1. The van der Waals surface area contributed by atoms with E-state index in [0.717, 1.165) is 18.2 Å². The quantitative estimate of drug-likeness (QED) is 0.224. The van der Waals surface area contributed by atoms with E-state index in [4.69, 9.17) is 34.8 Å². The molecular weight excluding hydrogens is 637 g/mol. The van der Waals surface area contributed by atoms with Crippen molar-refractivity contribution >= 4 is 68.6 Å². The number of carbonyl (C=O) groups is 2. The molecule has 2 atom stereocenters. The Morgan fingerprint density at radius 3 is 2.14 bits per heavy atom. The minimum absolute atomic E-state index is 0.0639. The maximum absolute atomic E-state index is 13.7. The Morgan fingerprint density at radius 1 is 1.03 bits per heavy atom. The molecule has 2 rings (SSSR count). The minimum atomic E-state index is -4.67. The molecule has 0 bridgehead atoms. The summed E-state index contributed by atoms with van der Waals surface area (Å²) in [6.45, 7) is -0.0526. The van der Waals surface area contributed by atoms with Crippen LogP contribution in [-0.4, -0.2) is 36.8 Å². The van der Waals surface area contributed by atoms with Crippen molar-refractivity contribution in [2.24, 2.45) is 0 Å². The number of benzene rings is 2. The number of carbonyl (C=O) groups excluding carboxylic acids is 2. The topological polar surface area (TPSA) is 58.2 Å². The van der Waals surface area contributed by atoms with Crippen LogP contribution in [0.2, 0.25) is 15.1 Å². The zero-order valence-corrected chi connectivity index (χ0v) is 22.6. The van der Waals surface area contributed by atoms with Crippen LogP contribution < -0.4 is 10.6 Å². The Hall–Kier alpha value is -1.95. The fourth-order valence-corrected chi connectivity index (χ4v) is 4.28. The van der Waals surface area contributed by atoms with Crippen molar-refractivity contribution in [1.29, 1.82) is 0 Å². The maximum atomic E-state index is 13.7. The van der Waals surface area contributed by atoms with Gasteiger partial charge < -0.3 is 10.6 Å². The van der Waals surface area contributed by atoms with Gasteiger partial charge in [0.15, 0.2) is 0 Å². The third kappa shape index (κ3) is 9.70. The molecule has 0 heterocycles. The Kier molecular flexibility index (Phi) is 10.8. The maximum Gasteiger partial charge on any atom is 0.405 e. The number of amides is 2. The van der Waals surface area contributed by atoms with Crippen LogP contribution in [0.5, 0.6) is 0 Å². The van der Waals surface area contributed by atoms with Crippen LogP contribution in [-0.2, 0) is 4.79 Å². The summed E-state index contributed by atoms with van der Waals surface area (Å²) in [5, 5.41) is 3.86. The van der Waals surface area contributed by atoms with Crippen LogP contribution in [0.15, 0.2) is 40.9 Å². The second kappa shape index (κ2) is 12.7. The average molecular weight is 655 g/mol. The lowest BCUT2D eigenvalue weighted by atomic mass is 9.97. The molecule has 2 aromatic rings. The van der Waals surface area contributed by atoms with Gasteiger partial charge in [-0.2, -0.15) is 26.3 Å². The molecule has 0 aliphatic rings. The van der Waals surface area contributed by atoms with Crippen molar-refractivity contribution in [3.63, 3.8) is 0 Å². The lowest BCUT2D eigenvalue weighted by Gasteiger charge is -2.18. The van der Waals surface area contributed by atoms with Gasteiger partial charge in [0.2, 0.25) is 5.91 Å². The number of halogens is 10. The molecule has 0 aromatic heterocycles. The van der Waals surface area contributed by atoms with E-state index >= 15 is 0 Å². The molecule has 37 heavy (non-hydrogen) atoms. The highest BCUT2D eigenvalue weighted by molar-refractivity contribution is 9.10. The molecule has 2 N–H and O–H groups in total. The number of hydrogen-bond acceptors (Lipinski definition) is 2. The molecular formula is C23H18BrCl3F6N2O2. The molecule has 2 unspecified atom stereocenters. The fraction of sp³-hybridized carbons (Fsp3) is 0.304. The zero-order valence-electron chi connectivity index (χ0n) is 18.7. The number of rotatable bonds is 8. The Morgan fingerprint density at radius 2 is 1.62 bits per heavy atom. The lowest BCUT2D eigenvalue weighted by Crippen LogP contribution is -2.40.